The summed E-state index contributed by atoms with van der Waals surface area (Å²) in [6, 6.07) is 4.21. The van der Waals surface area contributed by atoms with Crippen molar-refractivity contribution in [2.24, 2.45) is 0 Å². The molecule has 1 aliphatic heterocycles. The van der Waals surface area contributed by atoms with Gasteiger partial charge in [0.15, 0.2) is 0 Å². The van der Waals surface area contributed by atoms with E-state index in [9.17, 15) is 5.11 Å². The molecule has 1 aliphatic carbocycles. The molecule has 0 spiro atoms. The Morgan fingerprint density at radius 3 is 2.23 bits per heavy atom. The van der Waals surface area contributed by atoms with Crippen molar-refractivity contribution in [2.75, 3.05) is 0 Å². The normalized spacial score (nSPS) is 18.1. The van der Waals surface area contributed by atoms with Crippen LogP contribution in [0.25, 0.3) is 5.57 Å². The third kappa shape index (κ3) is 5.62. The van der Waals surface area contributed by atoms with Crippen molar-refractivity contribution in [1.29, 1.82) is 0 Å². The van der Waals surface area contributed by atoms with Gasteiger partial charge >= 0.3 is 0 Å². The van der Waals surface area contributed by atoms with Crippen LogP contribution in [0.4, 0.5) is 0 Å². The number of benzene rings is 1. The van der Waals surface area contributed by atoms with E-state index in [1.165, 1.54) is 93.8 Å². The van der Waals surface area contributed by atoms with Gasteiger partial charge in [-0.2, -0.15) is 0 Å². The highest BCUT2D eigenvalue weighted by Gasteiger charge is 2.38. The van der Waals surface area contributed by atoms with E-state index in [2.05, 4.69) is 33.8 Å². The Kier molecular flexibility index (Phi) is 8.31. The van der Waals surface area contributed by atoms with Crippen molar-refractivity contribution < 1.29 is 9.84 Å². The van der Waals surface area contributed by atoms with E-state index >= 15 is 0 Å². The fourth-order valence-corrected chi connectivity index (χ4v) is 5.41. The van der Waals surface area contributed by atoms with Crippen LogP contribution < -0.4 is 4.74 Å². The molecule has 0 bridgehead atoms. The quantitative estimate of drug-likeness (QED) is 0.347. The minimum Gasteiger partial charge on any atom is -0.507 e. The largest absolute Gasteiger partial charge is 0.507 e. The van der Waals surface area contributed by atoms with Crippen LogP contribution in [-0.4, -0.2) is 10.7 Å². The zero-order chi connectivity index (χ0) is 21.6. The smallest absolute Gasteiger partial charge is 0.132 e. The monoisotopic (exact) mass is 412 g/mol. The number of unbranched alkanes of at least 4 members (excludes halogenated alkanes) is 9. The average molecular weight is 413 g/mol. The number of hydrogen-bond donors (Lipinski definition) is 1. The minimum atomic E-state index is -0.246. The Labute approximate surface area is 185 Å². The van der Waals surface area contributed by atoms with Gasteiger partial charge in [0.1, 0.15) is 17.1 Å². The summed E-state index contributed by atoms with van der Waals surface area (Å²) in [6.45, 7) is 8.92. The first-order valence-corrected chi connectivity index (χ1v) is 12.7. The lowest BCUT2D eigenvalue weighted by Gasteiger charge is -2.35. The lowest BCUT2D eigenvalue weighted by molar-refractivity contribution is 0.141. The number of ether oxygens (including phenoxy) is 1. The van der Waals surface area contributed by atoms with Gasteiger partial charge in [-0.3, -0.25) is 0 Å². The van der Waals surface area contributed by atoms with Crippen LogP contribution in [0.1, 0.15) is 135 Å². The Morgan fingerprint density at radius 2 is 1.57 bits per heavy atom. The van der Waals surface area contributed by atoms with Crippen LogP contribution in [0.2, 0.25) is 0 Å². The molecule has 30 heavy (non-hydrogen) atoms. The molecule has 3 rings (SSSR count). The summed E-state index contributed by atoms with van der Waals surface area (Å²) in [6.07, 6.45) is 18.3. The zero-order valence-corrected chi connectivity index (χ0v) is 20.0. The number of phenols is 1. The number of hydrogen-bond acceptors (Lipinski definition) is 2. The third-order valence-corrected chi connectivity index (χ3v) is 7.27. The molecule has 2 nitrogen and oxygen atoms in total. The summed E-state index contributed by atoms with van der Waals surface area (Å²) in [4.78, 5) is 0. The molecule has 1 aromatic rings. The predicted molar refractivity (Wildman–Crippen MR) is 128 cm³/mol. The van der Waals surface area contributed by atoms with E-state index < -0.39 is 0 Å². The highest BCUT2D eigenvalue weighted by atomic mass is 16.5. The van der Waals surface area contributed by atoms with E-state index in [1.54, 1.807) is 0 Å². The number of phenolic OH excluding ortho intramolecular Hbond substituents is 1. The van der Waals surface area contributed by atoms with Gasteiger partial charge in [0.25, 0.3) is 0 Å². The molecular weight excluding hydrogens is 368 g/mol. The average Bonchev–Trinajstić information content (AvgIpc) is 3.19. The molecule has 0 radical (unpaired) electrons. The van der Waals surface area contributed by atoms with Crippen molar-refractivity contribution in [3.63, 3.8) is 0 Å². The lowest BCUT2D eigenvalue weighted by atomic mass is 9.85. The molecule has 1 unspecified atom stereocenters. The summed E-state index contributed by atoms with van der Waals surface area (Å²) in [5.41, 5.74) is 4.67. The maximum Gasteiger partial charge on any atom is 0.132 e. The van der Waals surface area contributed by atoms with Gasteiger partial charge in [-0.1, -0.05) is 78.1 Å². The van der Waals surface area contributed by atoms with Crippen molar-refractivity contribution in [3.8, 4) is 11.5 Å². The number of rotatable bonds is 12. The van der Waals surface area contributed by atoms with Crippen LogP contribution in [0, 0.1) is 0 Å². The standard InChI is InChI=1S/C28H44O2/c1-5-6-7-8-9-10-11-12-13-14-16-21(2)22-19-25(29)27-23-17-15-18-24(23)28(3,4)30-26(27)20-22/h19-21,29H,5-18H2,1-4H3. The zero-order valence-electron chi connectivity index (χ0n) is 20.0. The summed E-state index contributed by atoms with van der Waals surface area (Å²) in [5.74, 6) is 1.77. The molecule has 1 aromatic carbocycles. The number of fused-ring (bicyclic) bond motifs is 2. The Hall–Kier alpha value is -1.44. The van der Waals surface area contributed by atoms with Crippen molar-refractivity contribution in [2.45, 2.75) is 129 Å². The number of aromatic hydroxyl groups is 1. The topological polar surface area (TPSA) is 29.5 Å². The van der Waals surface area contributed by atoms with E-state index in [0.717, 1.165) is 24.2 Å². The van der Waals surface area contributed by atoms with Gasteiger partial charge in [-0.25, -0.2) is 0 Å². The van der Waals surface area contributed by atoms with Gasteiger partial charge in [0.05, 0.1) is 5.56 Å². The fourth-order valence-electron chi connectivity index (χ4n) is 5.41. The predicted octanol–water partition coefficient (Wildman–Crippen LogP) is 8.92. The van der Waals surface area contributed by atoms with E-state index in [0.29, 0.717) is 11.7 Å². The first-order chi connectivity index (χ1) is 14.4. The minimum absolute atomic E-state index is 0.246. The molecule has 0 fully saturated rings. The molecule has 1 atom stereocenters. The van der Waals surface area contributed by atoms with E-state index in [1.807, 2.05) is 6.07 Å². The van der Waals surface area contributed by atoms with Crippen molar-refractivity contribution in [1.82, 2.24) is 0 Å². The summed E-state index contributed by atoms with van der Waals surface area (Å²) < 4.78 is 6.39. The SMILES string of the molecule is CCCCCCCCCCCCC(C)c1cc(O)c2c(c1)OC(C)(C)C1=C2CCC1. The summed E-state index contributed by atoms with van der Waals surface area (Å²) >= 11 is 0. The third-order valence-electron chi connectivity index (χ3n) is 7.27. The van der Waals surface area contributed by atoms with Gasteiger partial charge in [0, 0.05) is 0 Å². The molecule has 168 valence electrons. The highest BCUT2D eigenvalue weighted by Crippen LogP contribution is 2.52. The molecule has 1 heterocycles. The molecule has 2 aliphatic rings. The first-order valence-electron chi connectivity index (χ1n) is 12.7. The van der Waals surface area contributed by atoms with Crippen LogP contribution in [0.15, 0.2) is 17.7 Å². The van der Waals surface area contributed by atoms with Gasteiger partial charge < -0.3 is 9.84 Å². The van der Waals surface area contributed by atoms with E-state index in [4.69, 9.17) is 4.74 Å². The van der Waals surface area contributed by atoms with Crippen LogP contribution >= 0.6 is 0 Å². The Balaban J connectivity index is 1.48. The van der Waals surface area contributed by atoms with Crippen LogP contribution in [0.3, 0.4) is 0 Å². The molecular formula is C28H44O2. The summed E-state index contributed by atoms with van der Waals surface area (Å²) in [7, 11) is 0. The second-order valence-corrected chi connectivity index (χ2v) is 10.2. The van der Waals surface area contributed by atoms with Gasteiger partial charge in [-0.05, 0) is 74.3 Å². The first kappa shape index (κ1) is 23.2. The van der Waals surface area contributed by atoms with Crippen LogP contribution in [-0.2, 0) is 0 Å². The number of allylic oxidation sites excluding steroid dienone is 1. The highest BCUT2D eigenvalue weighted by molar-refractivity contribution is 5.82. The second-order valence-electron chi connectivity index (χ2n) is 10.2. The molecule has 0 saturated heterocycles. The van der Waals surface area contributed by atoms with Crippen LogP contribution in [0.5, 0.6) is 11.5 Å². The van der Waals surface area contributed by atoms with Crippen molar-refractivity contribution >= 4 is 5.57 Å². The van der Waals surface area contributed by atoms with Crippen molar-refractivity contribution in [3.05, 3.63) is 28.8 Å². The van der Waals surface area contributed by atoms with E-state index in [-0.39, 0.29) is 5.60 Å². The second kappa shape index (κ2) is 10.7. The maximum absolute atomic E-state index is 10.8. The Morgan fingerprint density at radius 1 is 0.933 bits per heavy atom. The lowest BCUT2D eigenvalue weighted by Crippen LogP contribution is -2.33. The maximum atomic E-state index is 10.8. The molecule has 1 N–H and O–H groups in total. The molecule has 0 amide bonds. The molecule has 2 heteroatoms. The molecule has 0 saturated carbocycles. The van der Waals surface area contributed by atoms with Gasteiger partial charge in [-0.15, -0.1) is 0 Å². The fraction of sp³-hybridized carbons (Fsp3) is 0.714. The summed E-state index contributed by atoms with van der Waals surface area (Å²) in [5, 5.41) is 10.8. The van der Waals surface area contributed by atoms with Gasteiger partial charge in [0.2, 0.25) is 0 Å². The molecule has 0 aromatic heterocycles. The Bertz CT molecular complexity index is 728.